The largest absolute Gasteiger partial charge is 0.748 e. The van der Waals surface area contributed by atoms with E-state index in [9.17, 15) is 0 Å². The maximum absolute atomic E-state index is 2.18. The first-order valence-electron chi connectivity index (χ1n) is 7.70. The van der Waals surface area contributed by atoms with Crippen LogP contribution in [0.5, 0.6) is 0 Å². The van der Waals surface area contributed by atoms with E-state index >= 15 is 0 Å². The van der Waals surface area contributed by atoms with Crippen LogP contribution in [0.3, 0.4) is 0 Å². The zero-order chi connectivity index (χ0) is 15.3. The van der Waals surface area contributed by atoms with Crippen LogP contribution in [-0.2, 0) is 47.0 Å². The van der Waals surface area contributed by atoms with Gasteiger partial charge >= 0.3 is 0 Å². The molecular formula is C22H22Fe2-8. The van der Waals surface area contributed by atoms with Gasteiger partial charge in [-0.3, -0.25) is 0 Å². The third kappa shape index (κ3) is 10.3. The molecule has 0 aliphatic heterocycles. The molecule has 2 heteroatoms. The Balaban J connectivity index is 0.000000370. The molecule has 0 aliphatic carbocycles. The molecule has 24 heavy (non-hydrogen) atoms. The Morgan fingerprint density at radius 2 is 0.833 bits per heavy atom. The average Bonchev–Trinajstić information content (AvgIpc) is 3.41. The molecule has 0 radical (unpaired) electrons. The van der Waals surface area contributed by atoms with Crippen molar-refractivity contribution in [3.8, 4) is 0 Å². The summed E-state index contributed by atoms with van der Waals surface area (Å²) in [5.74, 6) is 0. The normalized spacial score (nSPS) is 8.50. The summed E-state index contributed by atoms with van der Waals surface area (Å²) >= 11 is 0. The van der Waals surface area contributed by atoms with Crippen molar-refractivity contribution in [2.45, 2.75) is 12.8 Å². The molecule has 0 atom stereocenters. The Hall–Kier alpha value is -1.56. The van der Waals surface area contributed by atoms with E-state index in [-0.39, 0.29) is 34.1 Å². The van der Waals surface area contributed by atoms with Gasteiger partial charge in [0.25, 0.3) is 0 Å². The van der Waals surface area contributed by atoms with Crippen LogP contribution in [-0.4, -0.2) is 0 Å². The molecule has 0 nitrogen and oxygen atoms in total. The van der Waals surface area contributed by atoms with E-state index in [4.69, 9.17) is 0 Å². The van der Waals surface area contributed by atoms with Gasteiger partial charge in [-0.1, -0.05) is 12.8 Å². The van der Waals surface area contributed by atoms with Crippen molar-refractivity contribution in [3.63, 3.8) is 0 Å². The van der Waals surface area contributed by atoms with Crippen molar-refractivity contribution < 1.29 is 34.1 Å². The van der Waals surface area contributed by atoms with E-state index in [1.165, 1.54) is 11.1 Å². The Kier molecular flexibility index (Phi) is 14.0. The van der Waals surface area contributed by atoms with Gasteiger partial charge in [-0.15, -0.1) is 0 Å². The summed E-state index contributed by atoms with van der Waals surface area (Å²) in [6.07, 6.45) is 2.33. The fourth-order valence-electron chi connectivity index (χ4n) is 2.09. The van der Waals surface area contributed by atoms with E-state index in [1.54, 1.807) is 0 Å². The fourth-order valence-corrected chi connectivity index (χ4v) is 2.09. The molecule has 4 rings (SSSR count). The van der Waals surface area contributed by atoms with Gasteiger partial charge in [-0.2, -0.15) is 53.6 Å². The molecule has 134 valence electrons. The second kappa shape index (κ2) is 15.0. The number of rotatable bonds is 3. The van der Waals surface area contributed by atoms with Gasteiger partial charge in [-0.05, 0) is 0 Å². The molecule has 0 N–H and O–H groups in total. The van der Waals surface area contributed by atoms with Crippen LogP contribution >= 0.6 is 0 Å². The molecule has 0 aromatic heterocycles. The van der Waals surface area contributed by atoms with E-state index in [0.717, 1.165) is 12.8 Å². The minimum absolute atomic E-state index is 0. The Labute approximate surface area is 166 Å². The third-order valence-electron chi connectivity index (χ3n) is 3.28. The topological polar surface area (TPSA) is 0 Å². The van der Waals surface area contributed by atoms with Crippen LogP contribution < -0.4 is 0 Å². The van der Waals surface area contributed by atoms with Crippen molar-refractivity contribution in [3.05, 3.63) is 120 Å². The molecule has 0 amide bonds. The maximum atomic E-state index is 2.18. The molecule has 4 aromatic carbocycles. The Morgan fingerprint density at radius 1 is 0.500 bits per heavy atom. The smallest absolute Gasteiger partial charge is 0 e. The molecule has 0 bridgehead atoms. The first-order chi connectivity index (χ1) is 10.9. The SMILES string of the molecule is [Fe].[Fe].[cH-]1[cH-][cH-][cH-][cH-]1.c1cc[c-](CC[c-]2cccc2)c1.c1cc[cH-]c1. The summed E-state index contributed by atoms with van der Waals surface area (Å²) in [6, 6.07) is 37.1. The van der Waals surface area contributed by atoms with Crippen molar-refractivity contribution in [1.29, 1.82) is 0 Å². The van der Waals surface area contributed by atoms with E-state index < -0.39 is 0 Å². The van der Waals surface area contributed by atoms with Crippen LogP contribution in [0.2, 0.25) is 0 Å². The van der Waals surface area contributed by atoms with Crippen LogP contribution in [0, 0.1) is 0 Å². The van der Waals surface area contributed by atoms with E-state index in [2.05, 4.69) is 48.5 Å². The Bertz CT molecular complexity index is 532. The summed E-state index contributed by atoms with van der Waals surface area (Å²) in [5, 5.41) is 0. The van der Waals surface area contributed by atoms with Gasteiger partial charge in [0, 0.05) is 34.1 Å². The Morgan fingerprint density at radius 3 is 1.08 bits per heavy atom. The molecule has 0 unspecified atom stereocenters. The molecule has 0 aliphatic rings. The van der Waals surface area contributed by atoms with Crippen molar-refractivity contribution in [2.75, 3.05) is 0 Å². The average molecular weight is 398 g/mol. The first kappa shape index (κ1) is 22.4. The van der Waals surface area contributed by atoms with Crippen molar-refractivity contribution in [1.82, 2.24) is 0 Å². The van der Waals surface area contributed by atoms with Crippen LogP contribution in [0.15, 0.2) is 109 Å². The quantitative estimate of drug-likeness (QED) is 0.306. The van der Waals surface area contributed by atoms with Gasteiger partial charge < -0.3 is 30.3 Å². The summed E-state index contributed by atoms with van der Waals surface area (Å²) < 4.78 is 0. The van der Waals surface area contributed by atoms with Gasteiger partial charge in [0.2, 0.25) is 0 Å². The molecule has 0 spiro atoms. The van der Waals surface area contributed by atoms with Crippen LogP contribution in [0.4, 0.5) is 0 Å². The minimum atomic E-state index is 0. The number of aryl methyl sites for hydroxylation is 2. The first-order valence-corrected chi connectivity index (χ1v) is 7.70. The molecular weight excluding hydrogens is 376 g/mol. The third-order valence-corrected chi connectivity index (χ3v) is 3.28. The summed E-state index contributed by atoms with van der Waals surface area (Å²) in [4.78, 5) is 0. The fraction of sp³-hybridized carbons (Fsp3) is 0.0909. The van der Waals surface area contributed by atoms with Gasteiger partial charge in [0.05, 0.1) is 0 Å². The standard InChI is InChI=1S/C12H12.2C5H5.2Fe/c1-2-6-11(5-1)9-10-12-7-3-4-8-12;2*1-2-4-5-3-1;;/h1-8H,9-10H2;2*1-5H;;/q-2;-5;-1;;. The monoisotopic (exact) mass is 398 g/mol. The van der Waals surface area contributed by atoms with Crippen molar-refractivity contribution in [2.24, 2.45) is 0 Å². The number of hydrogen-bond acceptors (Lipinski definition) is 0. The molecule has 0 heterocycles. The molecule has 4 aromatic rings. The van der Waals surface area contributed by atoms with Crippen molar-refractivity contribution >= 4 is 0 Å². The summed E-state index contributed by atoms with van der Waals surface area (Å²) in [6.45, 7) is 0. The zero-order valence-corrected chi connectivity index (χ0v) is 15.7. The second-order valence-electron chi connectivity index (χ2n) is 5.01. The maximum Gasteiger partial charge on any atom is 0 e. The van der Waals surface area contributed by atoms with Crippen LogP contribution in [0.1, 0.15) is 11.1 Å². The predicted molar refractivity (Wildman–Crippen MR) is 95.5 cm³/mol. The second-order valence-corrected chi connectivity index (χ2v) is 5.01. The van der Waals surface area contributed by atoms with Gasteiger partial charge in [-0.25, -0.2) is 36.4 Å². The van der Waals surface area contributed by atoms with Crippen LogP contribution in [0.25, 0.3) is 0 Å². The predicted octanol–water partition coefficient (Wildman–Crippen LogP) is 5.72. The zero-order valence-electron chi connectivity index (χ0n) is 13.5. The minimum Gasteiger partial charge on any atom is -0.748 e. The number of hydrogen-bond donors (Lipinski definition) is 0. The summed E-state index contributed by atoms with van der Waals surface area (Å²) in [5.41, 5.74) is 2.88. The van der Waals surface area contributed by atoms with E-state index in [0.29, 0.717) is 0 Å². The molecule has 0 saturated heterocycles. The summed E-state index contributed by atoms with van der Waals surface area (Å²) in [7, 11) is 0. The molecule has 0 fully saturated rings. The van der Waals surface area contributed by atoms with Gasteiger partial charge in [0.1, 0.15) is 0 Å². The molecule has 0 saturated carbocycles. The van der Waals surface area contributed by atoms with Gasteiger partial charge in [0.15, 0.2) is 0 Å². The van der Waals surface area contributed by atoms with E-state index in [1.807, 2.05) is 60.7 Å².